The second kappa shape index (κ2) is 4.26. The van der Waals surface area contributed by atoms with E-state index in [1.165, 1.54) is 33.6 Å². The maximum atomic E-state index is 11.5. The van der Waals surface area contributed by atoms with Gasteiger partial charge in [0.25, 0.3) is 0 Å². The molecule has 1 heterocycles. The van der Waals surface area contributed by atoms with Crippen LogP contribution in [0.4, 0.5) is 0 Å². The highest BCUT2D eigenvalue weighted by atomic mass is 32.1. The zero-order valence-corrected chi connectivity index (χ0v) is 10.6. The number of aromatic nitrogens is 1. The average Bonchev–Trinajstić information content (AvgIpc) is 2.57. The SMILES string of the molecule is Cc1cc(C)c(Cn2ccsc2=O)c(C)c1. The Morgan fingerprint density at radius 1 is 1.19 bits per heavy atom. The highest BCUT2D eigenvalue weighted by Gasteiger charge is 2.05. The van der Waals surface area contributed by atoms with Crippen LogP contribution in [0.1, 0.15) is 22.3 Å². The highest BCUT2D eigenvalue weighted by Crippen LogP contribution is 2.17. The Bertz CT molecular complexity index is 542. The summed E-state index contributed by atoms with van der Waals surface area (Å²) < 4.78 is 1.76. The van der Waals surface area contributed by atoms with Gasteiger partial charge in [-0.05, 0) is 37.5 Å². The van der Waals surface area contributed by atoms with Crippen LogP contribution >= 0.6 is 11.3 Å². The van der Waals surface area contributed by atoms with Crippen molar-refractivity contribution in [3.8, 4) is 0 Å². The van der Waals surface area contributed by atoms with Gasteiger partial charge >= 0.3 is 4.87 Å². The molecule has 0 spiro atoms. The van der Waals surface area contributed by atoms with E-state index < -0.39 is 0 Å². The van der Waals surface area contributed by atoms with E-state index in [0.29, 0.717) is 6.54 Å². The monoisotopic (exact) mass is 233 g/mol. The smallest absolute Gasteiger partial charge is 0.302 e. The Morgan fingerprint density at radius 3 is 2.31 bits per heavy atom. The predicted molar refractivity (Wildman–Crippen MR) is 68.3 cm³/mol. The predicted octanol–water partition coefficient (Wildman–Crippen LogP) is 2.88. The molecule has 16 heavy (non-hydrogen) atoms. The molecule has 0 N–H and O–H groups in total. The molecule has 84 valence electrons. The number of benzene rings is 1. The number of hydrogen-bond acceptors (Lipinski definition) is 2. The van der Waals surface area contributed by atoms with E-state index in [1.807, 2.05) is 11.6 Å². The van der Waals surface area contributed by atoms with Crippen molar-refractivity contribution in [1.82, 2.24) is 4.57 Å². The molecule has 0 aliphatic carbocycles. The summed E-state index contributed by atoms with van der Waals surface area (Å²) >= 11 is 1.25. The zero-order valence-electron chi connectivity index (χ0n) is 9.78. The van der Waals surface area contributed by atoms with Crippen LogP contribution in [0.25, 0.3) is 0 Å². The summed E-state index contributed by atoms with van der Waals surface area (Å²) in [5, 5.41) is 1.83. The molecule has 0 radical (unpaired) electrons. The Kier molecular flexibility index (Phi) is 2.97. The van der Waals surface area contributed by atoms with E-state index in [-0.39, 0.29) is 4.87 Å². The van der Waals surface area contributed by atoms with E-state index >= 15 is 0 Å². The highest BCUT2D eigenvalue weighted by molar-refractivity contribution is 7.07. The van der Waals surface area contributed by atoms with Gasteiger partial charge in [-0.15, -0.1) is 0 Å². The fourth-order valence-corrected chi connectivity index (χ4v) is 2.62. The van der Waals surface area contributed by atoms with Crippen LogP contribution in [0.3, 0.4) is 0 Å². The Morgan fingerprint density at radius 2 is 1.81 bits per heavy atom. The molecule has 0 aliphatic heterocycles. The third kappa shape index (κ3) is 2.09. The second-order valence-corrected chi connectivity index (χ2v) is 5.03. The van der Waals surface area contributed by atoms with Gasteiger partial charge in [0.05, 0.1) is 6.54 Å². The number of rotatable bonds is 2. The molecular weight excluding hydrogens is 218 g/mol. The van der Waals surface area contributed by atoms with E-state index in [4.69, 9.17) is 0 Å². The lowest BCUT2D eigenvalue weighted by molar-refractivity contribution is 0.773. The van der Waals surface area contributed by atoms with Crippen molar-refractivity contribution in [1.29, 1.82) is 0 Å². The maximum absolute atomic E-state index is 11.5. The fourth-order valence-electron chi connectivity index (χ4n) is 2.04. The molecule has 0 saturated carbocycles. The number of nitrogens with zero attached hydrogens (tertiary/aromatic N) is 1. The third-order valence-electron chi connectivity index (χ3n) is 2.81. The normalized spacial score (nSPS) is 10.7. The largest absolute Gasteiger partial charge is 0.307 e. The van der Waals surface area contributed by atoms with Crippen LogP contribution in [0.5, 0.6) is 0 Å². The lowest BCUT2D eigenvalue weighted by Crippen LogP contribution is -2.14. The van der Waals surface area contributed by atoms with Gasteiger partial charge in [-0.1, -0.05) is 29.0 Å². The van der Waals surface area contributed by atoms with Gasteiger partial charge in [-0.25, -0.2) is 0 Å². The first-order valence-electron chi connectivity index (χ1n) is 5.28. The second-order valence-electron chi connectivity index (χ2n) is 4.17. The molecule has 1 aromatic heterocycles. The Balaban J connectivity index is 2.43. The molecule has 0 bridgehead atoms. The van der Waals surface area contributed by atoms with Gasteiger partial charge in [0.15, 0.2) is 0 Å². The molecule has 0 unspecified atom stereocenters. The van der Waals surface area contributed by atoms with Crippen molar-refractivity contribution in [2.45, 2.75) is 27.3 Å². The molecule has 2 nitrogen and oxygen atoms in total. The van der Waals surface area contributed by atoms with Gasteiger partial charge in [-0.2, -0.15) is 0 Å². The first-order chi connectivity index (χ1) is 7.58. The molecular formula is C13H15NOS. The van der Waals surface area contributed by atoms with Crippen molar-refractivity contribution in [3.05, 3.63) is 55.6 Å². The molecule has 2 rings (SSSR count). The van der Waals surface area contributed by atoms with Crippen LogP contribution < -0.4 is 4.87 Å². The number of hydrogen-bond donors (Lipinski definition) is 0. The fraction of sp³-hybridized carbons (Fsp3) is 0.308. The van der Waals surface area contributed by atoms with Crippen molar-refractivity contribution in [2.24, 2.45) is 0 Å². The summed E-state index contributed by atoms with van der Waals surface area (Å²) in [7, 11) is 0. The maximum Gasteiger partial charge on any atom is 0.307 e. The van der Waals surface area contributed by atoms with Crippen LogP contribution in [0.2, 0.25) is 0 Å². The lowest BCUT2D eigenvalue weighted by Gasteiger charge is -2.11. The first kappa shape index (κ1) is 11.1. The van der Waals surface area contributed by atoms with Gasteiger partial charge in [0.2, 0.25) is 0 Å². The number of thiazole rings is 1. The summed E-state index contributed by atoms with van der Waals surface area (Å²) in [6, 6.07) is 4.33. The number of aryl methyl sites for hydroxylation is 3. The summed E-state index contributed by atoms with van der Waals surface area (Å²) in [6.07, 6.45) is 1.85. The molecule has 0 amide bonds. The summed E-state index contributed by atoms with van der Waals surface area (Å²) in [5.74, 6) is 0. The van der Waals surface area contributed by atoms with Crippen molar-refractivity contribution in [2.75, 3.05) is 0 Å². The molecule has 3 heteroatoms. The minimum atomic E-state index is 0.111. The van der Waals surface area contributed by atoms with Crippen LogP contribution in [0.15, 0.2) is 28.5 Å². The van der Waals surface area contributed by atoms with E-state index in [2.05, 4.69) is 32.9 Å². The van der Waals surface area contributed by atoms with E-state index in [9.17, 15) is 4.79 Å². The van der Waals surface area contributed by atoms with Gasteiger partial charge < -0.3 is 4.57 Å². The van der Waals surface area contributed by atoms with Crippen molar-refractivity contribution < 1.29 is 0 Å². The first-order valence-corrected chi connectivity index (χ1v) is 6.16. The topological polar surface area (TPSA) is 22.0 Å². The van der Waals surface area contributed by atoms with Gasteiger partial charge in [-0.3, -0.25) is 4.79 Å². The minimum Gasteiger partial charge on any atom is -0.302 e. The van der Waals surface area contributed by atoms with Crippen LogP contribution in [-0.2, 0) is 6.54 Å². The lowest BCUT2D eigenvalue weighted by atomic mass is 10.00. The van der Waals surface area contributed by atoms with Crippen LogP contribution in [0, 0.1) is 20.8 Å². The standard InChI is InChI=1S/C13H15NOS/c1-9-6-10(2)12(11(3)7-9)8-14-4-5-16-13(14)15/h4-7H,8H2,1-3H3. The van der Waals surface area contributed by atoms with Gasteiger partial charge in [0, 0.05) is 11.6 Å². The molecule has 0 aliphatic rings. The molecule has 1 aromatic carbocycles. The minimum absolute atomic E-state index is 0.111. The zero-order chi connectivity index (χ0) is 11.7. The van der Waals surface area contributed by atoms with Crippen LogP contribution in [-0.4, -0.2) is 4.57 Å². The third-order valence-corrected chi connectivity index (χ3v) is 3.51. The van der Waals surface area contributed by atoms with Crippen molar-refractivity contribution in [3.63, 3.8) is 0 Å². The molecule has 2 aromatic rings. The quantitative estimate of drug-likeness (QED) is 0.781. The summed E-state index contributed by atoms with van der Waals surface area (Å²) in [4.78, 5) is 11.6. The summed E-state index contributed by atoms with van der Waals surface area (Å²) in [6.45, 7) is 6.99. The molecule has 0 saturated heterocycles. The molecule has 0 fully saturated rings. The Hall–Kier alpha value is -1.35. The summed E-state index contributed by atoms with van der Waals surface area (Å²) in [5.41, 5.74) is 5.05. The van der Waals surface area contributed by atoms with E-state index in [0.717, 1.165) is 0 Å². The molecule has 0 atom stereocenters. The Labute approximate surface area is 99.2 Å². The van der Waals surface area contributed by atoms with Crippen molar-refractivity contribution >= 4 is 11.3 Å². The van der Waals surface area contributed by atoms with E-state index in [1.54, 1.807) is 4.57 Å². The average molecular weight is 233 g/mol. The van der Waals surface area contributed by atoms with Gasteiger partial charge in [0.1, 0.15) is 0 Å².